The molecule has 2 aromatic carbocycles. The Morgan fingerprint density at radius 2 is 1.95 bits per heavy atom. The number of rotatable bonds is 7. The Morgan fingerprint density at radius 1 is 1.19 bits per heavy atom. The fourth-order valence-corrected chi connectivity index (χ4v) is 5.17. The Labute approximate surface area is 217 Å². The van der Waals surface area contributed by atoms with E-state index in [1.54, 1.807) is 10.6 Å². The number of piperidine rings is 1. The van der Waals surface area contributed by atoms with Crippen LogP contribution in [0.3, 0.4) is 0 Å². The SMILES string of the molecule is CN1CCCC(c2nc3ccc(F)cc3c(=O)n2CC(C)(C)C)C1CCNC(=O)OCc1ccccc1. The molecule has 1 aliphatic rings. The molecule has 4 rings (SSSR count). The van der Waals surface area contributed by atoms with Crippen LogP contribution in [0.15, 0.2) is 53.3 Å². The number of likely N-dealkylation sites (tertiary alicyclic amines) is 1. The average molecular weight is 509 g/mol. The molecule has 3 aromatic rings. The Bertz CT molecular complexity index is 1290. The van der Waals surface area contributed by atoms with Crippen LogP contribution in [0.25, 0.3) is 10.9 Å². The van der Waals surface area contributed by atoms with Gasteiger partial charge in [-0.1, -0.05) is 51.1 Å². The van der Waals surface area contributed by atoms with E-state index in [-0.39, 0.29) is 29.5 Å². The summed E-state index contributed by atoms with van der Waals surface area (Å²) in [4.78, 5) is 33.1. The summed E-state index contributed by atoms with van der Waals surface area (Å²) < 4.78 is 21.1. The van der Waals surface area contributed by atoms with Crippen LogP contribution in [0, 0.1) is 11.2 Å². The topological polar surface area (TPSA) is 76.5 Å². The number of halogens is 1. The van der Waals surface area contributed by atoms with Gasteiger partial charge in [0.15, 0.2) is 0 Å². The van der Waals surface area contributed by atoms with E-state index < -0.39 is 11.9 Å². The van der Waals surface area contributed by atoms with Gasteiger partial charge in [-0.2, -0.15) is 0 Å². The lowest BCUT2D eigenvalue weighted by atomic mass is 9.85. The van der Waals surface area contributed by atoms with Gasteiger partial charge in [-0.15, -0.1) is 0 Å². The second kappa shape index (κ2) is 11.4. The third-order valence-corrected chi connectivity index (χ3v) is 6.89. The standard InChI is InChI=1S/C29H37FN4O3/c1-29(2,3)19-34-26(32-24-13-12-21(30)17-23(24)27(34)35)22-11-8-16-33(4)25(22)14-15-31-28(36)37-18-20-9-6-5-7-10-20/h5-7,9-10,12-13,17,22,25H,8,11,14-16,18-19H2,1-4H3,(H,31,36). The monoisotopic (exact) mass is 508 g/mol. The predicted octanol–water partition coefficient (Wildman–Crippen LogP) is 5.08. The minimum absolute atomic E-state index is 0.00499. The highest BCUT2D eigenvalue weighted by molar-refractivity contribution is 5.77. The van der Waals surface area contributed by atoms with Gasteiger partial charge in [0.2, 0.25) is 0 Å². The Balaban J connectivity index is 1.55. The van der Waals surface area contributed by atoms with Gasteiger partial charge in [0.05, 0.1) is 10.9 Å². The van der Waals surface area contributed by atoms with Gasteiger partial charge in [-0.25, -0.2) is 14.2 Å². The summed E-state index contributed by atoms with van der Waals surface area (Å²) in [5.74, 6) is 0.301. The van der Waals surface area contributed by atoms with E-state index >= 15 is 0 Å². The van der Waals surface area contributed by atoms with E-state index in [2.05, 4.69) is 38.0 Å². The zero-order chi connectivity index (χ0) is 26.6. The average Bonchev–Trinajstić information content (AvgIpc) is 2.85. The first-order valence-electron chi connectivity index (χ1n) is 13.0. The molecule has 8 heteroatoms. The summed E-state index contributed by atoms with van der Waals surface area (Å²) in [5.41, 5.74) is 1.08. The van der Waals surface area contributed by atoms with Crippen molar-refractivity contribution in [2.75, 3.05) is 20.1 Å². The van der Waals surface area contributed by atoms with Gasteiger partial charge < -0.3 is 15.0 Å². The van der Waals surface area contributed by atoms with Crippen molar-refractivity contribution in [1.29, 1.82) is 0 Å². The molecule has 1 aliphatic heterocycles. The first-order valence-corrected chi connectivity index (χ1v) is 13.0. The van der Waals surface area contributed by atoms with Crippen LogP contribution in [-0.2, 0) is 17.9 Å². The predicted molar refractivity (Wildman–Crippen MR) is 143 cm³/mol. The molecular formula is C29H37FN4O3. The van der Waals surface area contributed by atoms with Gasteiger partial charge in [0.25, 0.3) is 5.56 Å². The van der Waals surface area contributed by atoms with Crippen molar-refractivity contribution in [2.24, 2.45) is 5.41 Å². The highest BCUT2D eigenvalue weighted by Crippen LogP contribution is 2.34. The summed E-state index contributed by atoms with van der Waals surface area (Å²) in [5, 5.41) is 3.18. The summed E-state index contributed by atoms with van der Waals surface area (Å²) >= 11 is 0. The molecule has 0 aliphatic carbocycles. The van der Waals surface area contributed by atoms with Crippen molar-refractivity contribution >= 4 is 17.0 Å². The van der Waals surface area contributed by atoms with Gasteiger partial charge in [0, 0.05) is 25.0 Å². The van der Waals surface area contributed by atoms with Crippen molar-refractivity contribution in [3.63, 3.8) is 0 Å². The summed E-state index contributed by atoms with van der Waals surface area (Å²) in [6, 6.07) is 13.9. The van der Waals surface area contributed by atoms with Crippen LogP contribution in [0.4, 0.5) is 9.18 Å². The molecule has 1 saturated heterocycles. The van der Waals surface area contributed by atoms with Gasteiger partial charge in [0.1, 0.15) is 18.2 Å². The lowest BCUT2D eigenvalue weighted by Gasteiger charge is -2.40. The van der Waals surface area contributed by atoms with E-state index in [4.69, 9.17) is 9.72 Å². The van der Waals surface area contributed by atoms with E-state index in [9.17, 15) is 14.0 Å². The lowest BCUT2D eigenvalue weighted by molar-refractivity contribution is 0.128. The van der Waals surface area contributed by atoms with Crippen molar-refractivity contribution in [1.82, 2.24) is 19.8 Å². The number of amides is 1. The second-order valence-electron chi connectivity index (χ2n) is 11.2. The highest BCUT2D eigenvalue weighted by atomic mass is 19.1. The molecule has 2 atom stereocenters. The van der Waals surface area contributed by atoms with Gasteiger partial charge >= 0.3 is 6.09 Å². The fraction of sp³-hybridized carbons (Fsp3) is 0.483. The minimum atomic E-state index is -0.450. The zero-order valence-electron chi connectivity index (χ0n) is 22.2. The van der Waals surface area contributed by atoms with Crippen molar-refractivity contribution in [3.8, 4) is 0 Å². The van der Waals surface area contributed by atoms with Crippen molar-refractivity contribution in [2.45, 2.75) is 65.1 Å². The summed E-state index contributed by atoms with van der Waals surface area (Å²) in [6.07, 6.45) is 2.11. The number of carbonyl (C=O) groups is 1. The zero-order valence-corrected chi connectivity index (χ0v) is 22.2. The Morgan fingerprint density at radius 3 is 2.68 bits per heavy atom. The largest absolute Gasteiger partial charge is 0.445 e. The maximum atomic E-state index is 14.0. The highest BCUT2D eigenvalue weighted by Gasteiger charge is 2.34. The van der Waals surface area contributed by atoms with Gasteiger partial charge in [-0.3, -0.25) is 9.36 Å². The first-order chi connectivity index (χ1) is 17.6. The maximum Gasteiger partial charge on any atom is 0.407 e. The normalized spacial score (nSPS) is 18.6. The first kappa shape index (κ1) is 26.8. The van der Waals surface area contributed by atoms with Crippen LogP contribution in [0.2, 0.25) is 0 Å². The maximum absolute atomic E-state index is 14.0. The van der Waals surface area contributed by atoms with Crippen LogP contribution in [0.5, 0.6) is 0 Å². The quantitative estimate of drug-likeness (QED) is 0.482. The molecule has 0 bridgehead atoms. The number of aromatic nitrogens is 2. The molecule has 37 heavy (non-hydrogen) atoms. The molecule has 1 aromatic heterocycles. The number of fused-ring (bicyclic) bond motifs is 1. The fourth-order valence-electron chi connectivity index (χ4n) is 5.17. The van der Waals surface area contributed by atoms with Gasteiger partial charge in [-0.05, 0) is 62.0 Å². The molecule has 0 saturated carbocycles. The number of ether oxygens (including phenoxy) is 1. The van der Waals surface area contributed by atoms with E-state index in [1.165, 1.54) is 12.1 Å². The lowest BCUT2D eigenvalue weighted by Crippen LogP contribution is -2.46. The molecule has 7 nitrogen and oxygen atoms in total. The molecule has 0 spiro atoms. The molecular weight excluding hydrogens is 471 g/mol. The smallest absolute Gasteiger partial charge is 0.407 e. The summed E-state index contributed by atoms with van der Waals surface area (Å²) in [7, 11) is 2.08. The van der Waals surface area contributed by atoms with E-state index in [1.807, 2.05) is 30.3 Å². The molecule has 2 unspecified atom stereocenters. The number of nitrogens with one attached hydrogen (secondary N) is 1. The molecule has 198 valence electrons. The second-order valence-corrected chi connectivity index (χ2v) is 11.2. The molecule has 1 N–H and O–H groups in total. The third kappa shape index (κ3) is 6.74. The number of carbonyl (C=O) groups excluding carboxylic acids is 1. The van der Waals surface area contributed by atoms with Crippen LogP contribution in [-0.4, -0.2) is 46.7 Å². The number of likely N-dealkylation sites (N-methyl/N-ethyl adjacent to an activating group) is 1. The summed E-state index contributed by atoms with van der Waals surface area (Å²) in [6.45, 7) is 8.32. The molecule has 0 radical (unpaired) electrons. The Hall–Kier alpha value is -3.26. The Kier molecular flexibility index (Phi) is 8.27. The number of hydrogen-bond acceptors (Lipinski definition) is 5. The number of alkyl carbamates (subject to hydrolysis) is 1. The minimum Gasteiger partial charge on any atom is -0.445 e. The third-order valence-electron chi connectivity index (χ3n) is 6.89. The van der Waals surface area contributed by atoms with Crippen LogP contribution >= 0.6 is 0 Å². The molecule has 2 heterocycles. The van der Waals surface area contributed by atoms with E-state index in [0.717, 1.165) is 30.8 Å². The van der Waals surface area contributed by atoms with Crippen molar-refractivity contribution < 1.29 is 13.9 Å². The molecule has 1 amide bonds. The number of hydrogen-bond donors (Lipinski definition) is 1. The molecule has 1 fully saturated rings. The van der Waals surface area contributed by atoms with Crippen molar-refractivity contribution in [3.05, 3.63) is 76.1 Å². The number of nitrogens with zero attached hydrogens (tertiary/aromatic N) is 3. The van der Waals surface area contributed by atoms with Crippen LogP contribution in [0.1, 0.15) is 57.3 Å². The van der Waals surface area contributed by atoms with E-state index in [0.29, 0.717) is 30.4 Å². The number of benzene rings is 2. The van der Waals surface area contributed by atoms with Crippen LogP contribution < -0.4 is 10.9 Å².